The molecule has 0 aliphatic heterocycles. The molecule has 0 fully saturated rings. The summed E-state index contributed by atoms with van der Waals surface area (Å²) in [6.07, 6.45) is 3.48. The molecule has 2 aromatic heterocycles. The normalized spacial score (nSPS) is 10.8. The molecule has 108 valence electrons. The predicted molar refractivity (Wildman–Crippen MR) is 78.3 cm³/mol. The molecule has 1 amide bonds. The van der Waals surface area contributed by atoms with Crippen molar-refractivity contribution in [3.05, 3.63) is 35.4 Å². The number of rotatable bonds is 6. The number of carbonyl (C=O) groups is 1. The fourth-order valence-corrected chi connectivity index (χ4v) is 2.44. The van der Waals surface area contributed by atoms with E-state index in [0.29, 0.717) is 0 Å². The minimum atomic E-state index is -0.397. The maximum absolute atomic E-state index is 10.8. The van der Waals surface area contributed by atoms with Gasteiger partial charge < -0.3 is 15.6 Å². The van der Waals surface area contributed by atoms with Crippen molar-refractivity contribution in [2.75, 3.05) is 5.32 Å². The number of carbonyl (C=O) groups excluding carboxylic acids is 1. The zero-order valence-electron chi connectivity index (χ0n) is 12.2. The Kier molecular flexibility index (Phi) is 4.12. The van der Waals surface area contributed by atoms with E-state index < -0.39 is 5.91 Å². The number of nitrogens with zero attached hydrogens (tertiary/aromatic N) is 3. The van der Waals surface area contributed by atoms with Gasteiger partial charge in [-0.05, 0) is 32.4 Å². The summed E-state index contributed by atoms with van der Waals surface area (Å²) in [5.74, 6) is -0.397. The second kappa shape index (κ2) is 5.81. The van der Waals surface area contributed by atoms with Gasteiger partial charge in [0.05, 0.1) is 11.9 Å². The second-order valence-corrected chi connectivity index (χ2v) is 4.89. The molecule has 0 radical (unpaired) electrons. The summed E-state index contributed by atoms with van der Waals surface area (Å²) in [6.45, 7) is 8.21. The number of hydrogen-bond donors (Lipinski definition) is 2. The minimum Gasteiger partial charge on any atom is -0.378 e. The third-order valence-corrected chi connectivity index (χ3v) is 3.43. The summed E-state index contributed by atoms with van der Waals surface area (Å²) in [5.41, 5.74) is 9.83. The van der Waals surface area contributed by atoms with Crippen LogP contribution in [0.2, 0.25) is 0 Å². The maximum Gasteiger partial charge on any atom is 0.239 e. The third kappa shape index (κ3) is 3.01. The summed E-state index contributed by atoms with van der Waals surface area (Å²) >= 11 is 0. The molecule has 0 aliphatic rings. The number of nitrogens with two attached hydrogens (primary N) is 1. The first-order valence-electron chi connectivity index (χ1n) is 6.71. The summed E-state index contributed by atoms with van der Waals surface area (Å²) in [6, 6.07) is 2.19. The van der Waals surface area contributed by atoms with Gasteiger partial charge in [0, 0.05) is 30.7 Å². The van der Waals surface area contributed by atoms with Gasteiger partial charge in [-0.25, -0.2) is 0 Å². The van der Waals surface area contributed by atoms with Crippen LogP contribution in [-0.2, 0) is 24.4 Å². The lowest BCUT2D eigenvalue weighted by Gasteiger charge is -2.06. The molecular formula is C14H21N5O. The van der Waals surface area contributed by atoms with Crippen LogP contribution in [-0.4, -0.2) is 20.3 Å². The Morgan fingerprint density at radius 2 is 2.20 bits per heavy atom. The van der Waals surface area contributed by atoms with Gasteiger partial charge in [0.1, 0.15) is 6.54 Å². The standard InChI is InChI=1S/C14H21N5O/c1-4-19-10(2)5-12(11(19)3)6-16-13-7-17-18(8-13)9-14(15)20/h5,7-8,16H,4,6,9H2,1-3H3,(H2,15,20). The lowest BCUT2D eigenvalue weighted by Crippen LogP contribution is -2.18. The molecule has 0 saturated carbocycles. The molecule has 0 aromatic carbocycles. The van der Waals surface area contributed by atoms with Gasteiger partial charge >= 0.3 is 0 Å². The van der Waals surface area contributed by atoms with Gasteiger partial charge in [0.15, 0.2) is 0 Å². The Balaban J connectivity index is 2.02. The van der Waals surface area contributed by atoms with E-state index in [-0.39, 0.29) is 6.54 Å². The molecular weight excluding hydrogens is 254 g/mol. The van der Waals surface area contributed by atoms with E-state index in [9.17, 15) is 4.79 Å². The first-order chi connectivity index (χ1) is 9.51. The number of aryl methyl sites for hydroxylation is 1. The first kappa shape index (κ1) is 14.2. The fraction of sp³-hybridized carbons (Fsp3) is 0.429. The number of aromatic nitrogens is 3. The molecule has 0 unspecified atom stereocenters. The van der Waals surface area contributed by atoms with Crippen molar-refractivity contribution in [1.29, 1.82) is 0 Å². The molecule has 0 spiro atoms. The smallest absolute Gasteiger partial charge is 0.239 e. The highest BCUT2D eigenvalue weighted by Gasteiger charge is 2.08. The molecule has 0 aliphatic carbocycles. The van der Waals surface area contributed by atoms with Crippen molar-refractivity contribution < 1.29 is 4.79 Å². The van der Waals surface area contributed by atoms with Gasteiger partial charge in [0.2, 0.25) is 5.91 Å². The molecule has 0 saturated heterocycles. The zero-order valence-corrected chi connectivity index (χ0v) is 12.2. The van der Waals surface area contributed by atoms with Crippen LogP contribution in [0.15, 0.2) is 18.5 Å². The lowest BCUT2D eigenvalue weighted by molar-refractivity contribution is -0.118. The van der Waals surface area contributed by atoms with E-state index in [4.69, 9.17) is 5.73 Å². The molecule has 6 nitrogen and oxygen atoms in total. The van der Waals surface area contributed by atoms with E-state index in [1.54, 1.807) is 12.4 Å². The van der Waals surface area contributed by atoms with Gasteiger partial charge in [-0.1, -0.05) is 0 Å². The van der Waals surface area contributed by atoms with E-state index in [0.717, 1.165) is 18.8 Å². The fourth-order valence-electron chi connectivity index (χ4n) is 2.44. The monoisotopic (exact) mass is 275 g/mol. The van der Waals surface area contributed by atoms with Crippen molar-refractivity contribution in [2.45, 2.75) is 40.4 Å². The topological polar surface area (TPSA) is 77.9 Å². The molecule has 0 bridgehead atoms. The highest BCUT2D eigenvalue weighted by atomic mass is 16.1. The van der Waals surface area contributed by atoms with E-state index >= 15 is 0 Å². The third-order valence-electron chi connectivity index (χ3n) is 3.43. The number of primary amides is 1. The summed E-state index contributed by atoms with van der Waals surface area (Å²) < 4.78 is 3.81. The summed E-state index contributed by atoms with van der Waals surface area (Å²) in [7, 11) is 0. The largest absolute Gasteiger partial charge is 0.378 e. The van der Waals surface area contributed by atoms with Crippen molar-refractivity contribution in [1.82, 2.24) is 14.3 Å². The molecule has 2 rings (SSSR count). The molecule has 20 heavy (non-hydrogen) atoms. The van der Waals surface area contributed by atoms with E-state index in [1.807, 2.05) is 0 Å². The average Bonchev–Trinajstić information content (AvgIpc) is 2.91. The Labute approximate surface area is 118 Å². The van der Waals surface area contributed by atoms with Crippen molar-refractivity contribution in [3.8, 4) is 0 Å². The van der Waals surface area contributed by atoms with Gasteiger partial charge in [-0.15, -0.1) is 0 Å². The Morgan fingerprint density at radius 1 is 1.45 bits per heavy atom. The molecule has 2 heterocycles. The van der Waals surface area contributed by atoms with Gasteiger partial charge in [-0.2, -0.15) is 5.10 Å². The number of anilines is 1. The number of amides is 1. The Morgan fingerprint density at radius 3 is 2.80 bits per heavy atom. The van der Waals surface area contributed by atoms with Crippen LogP contribution in [0.25, 0.3) is 0 Å². The summed E-state index contributed by atoms with van der Waals surface area (Å²) in [4.78, 5) is 10.8. The zero-order chi connectivity index (χ0) is 14.7. The van der Waals surface area contributed by atoms with Crippen LogP contribution < -0.4 is 11.1 Å². The van der Waals surface area contributed by atoms with Crippen LogP contribution in [0.1, 0.15) is 23.9 Å². The van der Waals surface area contributed by atoms with Crippen LogP contribution in [0, 0.1) is 13.8 Å². The number of hydrogen-bond acceptors (Lipinski definition) is 3. The van der Waals surface area contributed by atoms with Gasteiger partial charge in [0.25, 0.3) is 0 Å². The van der Waals surface area contributed by atoms with Crippen molar-refractivity contribution >= 4 is 11.6 Å². The highest BCUT2D eigenvalue weighted by molar-refractivity contribution is 5.73. The molecule has 6 heteroatoms. The Hall–Kier alpha value is -2.24. The lowest BCUT2D eigenvalue weighted by atomic mass is 10.2. The molecule has 0 atom stereocenters. The highest BCUT2D eigenvalue weighted by Crippen LogP contribution is 2.16. The quantitative estimate of drug-likeness (QED) is 0.837. The van der Waals surface area contributed by atoms with Crippen LogP contribution >= 0.6 is 0 Å². The number of nitrogens with one attached hydrogen (secondary N) is 1. The summed E-state index contributed by atoms with van der Waals surface area (Å²) in [5, 5.41) is 7.39. The average molecular weight is 275 g/mol. The first-order valence-corrected chi connectivity index (χ1v) is 6.71. The van der Waals surface area contributed by atoms with Crippen molar-refractivity contribution in [2.24, 2.45) is 5.73 Å². The maximum atomic E-state index is 10.8. The van der Waals surface area contributed by atoms with Crippen LogP contribution in [0.5, 0.6) is 0 Å². The Bertz CT molecular complexity index is 611. The minimum absolute atomic E-state index is 0.103. The molecule has 3 N–H and O–H groups in total. The van der Waals surface area contributed by atoms with E-state index in [1.165, 1.54) is 21.6 Å². The predicted octanol–water partition coefficient (Wildman–Crippen LogP) is 1.42. The molecule has 2 aromatic rings. The van der Waals surface area contributed by atoms with Crippen molar-refractivity contribution in [3.63, 3.8) is 0 Å². The van der Waals surface area contributed by atoms with E-state index in [2.05, 4.69) is 41.8 Å². The SMILES string of the molecule is CCn1c(C)cc(CNc2cnn(CC(N)=O)c2)c1C. The second-order valence-electron chi connectivity index (χ2n) is 4.89. The van der Waals surface area contributed by atoms with Crippen LogP contribution in [0.3, 0.4) is 0 Å². The van der Waals surface area contributed by atoms with Gasteiger partial charge in [-0.3, -0.25) is 9.48 Å². The van der Waals surface area contributed by atoms with Crippen LogP contribution in [0.4, 0.5) is 5.69 Å².